The lowest BCUT2D eigenvalue weighted by Crippen LogP contribution is -2.29. The van der Waals surface area contributed by atoms with Crippen molar-refractivity contribution in [1.29, 1.82) is 0 Å². The number of rotatable bonds is 8. The predicted molar refractivity (Wildman–Crippen MR) is 102 cm³/mol. The first kappa shape index (κ1) is 19.8. The van der Waals surface area contributed by atoms with E-state index in [-0.39, 0.29) is 0 Å². The van der Waals surface area contributed by atoms with Crippen molar-refractivity contribution in [3.63, 3.8) is 0 Å². The van der Waals surface area contributed by atoms with Gasteiger partial charge >= 0.3 is 0 Å². The summed E-state index contributed by atoms with van der Waals surface area (Å²) >= 11 is 0. The normalized spacial score (nSPS) is 12.5. The van der Waals surface area contributed by atoms with E-state index in [0.29, 0.717) is 23.9 Å². The maximum absolute atomic E-state index is 6.12. The molecule has 0 fully saturated rings. The lowest BCUT2D eigenvalue weighted by molar-refractivity contribution is 0.358. The smallest absolute Gasteiger partial charge is 0.242 e. The highest BCUT2D eigenvalue weighted by molar-refractivity contribution is 6.70. The number of hydrogen-bond acceptors (Lipinski definition) is 4. The molecule has 0 saturated carbocycles. The van der Waals surface area contributed by atoms with Crippen LogP contribution in [0.1, 0.15) is 5.56 Å². The third-order valence-electron chi connectivity index (χ3n) is 2.81. The largest absolute Gasteiger partial charge is 0.539 e. The molecule has 0 unspecified atom stereocenters. The van der Waals surface area contributed by atoms with Crippen LogP contribution in [0.3, 0.4) is 0 Å². The van der Waals surface area contributed by atoms with Crippen LogP contribution in [0.4, 0.5) is 0 Å². The van der Waals surface area contributed by atoms with Crippen molar-refractivity contribution in [1.82, 2.24) is 0 Å². The summed E-state index contributed by atoms with van der Waals surface area (Å²) in [5.41, 5.74) is 1.00. The van der Waals surface area contributed by atoms with Crippen molar-refractivity contribution in [2.75, 3.05) is 20.8 Å². The Labute approximate surface area is 142 Å². The molecule has 0 aliphatic heterocycles. The highest BCUT2D eigenvalue weighted by Gasteiger charge is 2.22. The summed E-state index contributed by atoms with van der Waals surface area (Å²) in [5.74, 6) is 2.07. The first-order chi connectivity index (χ1) is 10.6. The van der Waals surface area contributed by atoms with Crippen LogP contribution in [0.2, 0.25) is 39.3 Å². The van der Waals surface area contributed by atoms with Crippen LogP contribution in [-0.4, -0.2) is 37.5 Å². The summed E-state index contributed by atoms with van der Waals surface area (Å²) in [6.45, 7) is 13.5. The number of benzene rings is 1. The molecule has 1 aromatic carbocycles. The Morgan fingerprint density at radius 2 is 1.39 bits per heavy atom. The van der Waals surface area contributed by atoms with Crippen LogP contribution in [0.15, 0.2) is 18.2 Å². The van der Waals surface area contributed by atoms with E-state index in [1.54, 1.807) is 14.2 Å². The van der Waals surface area contributed by atoms with Crippen LogP contribution in [0.25, 0.3) is 6.08 Å². The monoisotopic (exact) mass is 354 g/mol. The van der Waals surface area contributed by atoms with Gasteiger partial charge in [-0.1, -0.05) is 12.2 Å². The summed E-state index contributed by atoms with van der Waals surface area (Å²) < 4.78 is 22.9. The van der Waals surface area contributed by atoms with Gasteiger partial charge in [-0.05, 0) is 57.0 Å². The van der Waals surface area contributed by atoms with E-state index in [1.165, 1.54) is 0 Å². The van der Waals surface area contributed by atoms with Gasteiger partial charge in [-0.2, -0.15) is 0 Å². The fraction of sp³-hybridized carbons (Fsp3) is 0.529. The molecule has 0 aromatic heterocycles. The third-order valence-corrected chi connectivity index (χ3v) is 4.66. The van der Waals surface area contributed by atoms with Crippen LogP contribution in [-0.2, 0) is 4.43 Å². The highest BCUT2D eigenvalue weighted by atomic mass is 28.4. The van der Waals surface area contributed by atoms with E-state index in [4.69, 9.17) is 18.3 Å². The molecule has 0 bridgehead atoms. The van der Waals surface area contributed by atoms with Crippen LogP contribution in [0, 0.1) is 0 Å². The molecule has 4 nitrogen and oxygen atoms in total. The van der Waals surface area contributed by atoms with E-state index in [2.05, 4.69) is 39.3 Å². The molecule has 130 valence electrons. The molecule has 1 rings (SSSR count). The summed E-state index contributed by atoms with van der Waals surface area (Å²) in [5, 5.41) is 0. The van der Waals surface area contributed by atoms with Gasteiger partial charge in [0.15, 0.2) is 25.6 Å². The second kappa shape index (κ2) is 8.03. The van der Waals surface area contributed by atoms with Crippen LogP contribution in [0.5, 0.6) is 17.2 Å². The van der Waals surface area contributed by atoms with E-state index in [0.717, 1.165) is 5.56 Å². The minimum Gasteiger partial charge on any atom is -0.539 e. The minimum atomic E-state index is -1.76. The number of ether oxygens (including phenoxy) is 2. The van der Waals surface area contributed by atoms with Gasteiger partial charge in [-0.3, -0.25) is 0 Å². The molecule has 1 aromatic rings. The Hall–Kier alpha value is -1.25. The molecule has 0 radical (unpaired) electrons. The zero-order valence-corrected chi connectivity index (χ0v) is 17.6. The highest BCUT2D eigenvalue weighted by Crippen LogP contribution is 2.40. The average molecular weight is 355 g/mol. The SMILES string of the molecule is COc1cc(/C=C\CO[Si](C)(C)C)cc(OC)c1O[Si](C)(C)C. The molecular weight excluding hydrogens is 324 g/mol. The fourth-order valence-electron chi connectivity index (χ4n) is 1.89. The van der Waals surface area contributed by atoms with E-state index in [9.17, 15) is 0 Å². The fourth-order valence-corrected chi connectivity index (χ4v) is 3.30. The van der Waals surface area contributed by atoms with Crippen molar-refractivity contribution >= 4 is 22.7 Å². The zero-order chi connectivity index (χ0) is 17.7. The summed E-state index contributed by atoms with van der Waals surface area (Å²) in [4.78, 5) is 0. The van der Waals surface area contributed by atoms with Crippen LogP contribution >= 0.6 is 0 Å². The third kappa shape index (κ3) is 7.24. The molecule has 23 heavy (non-hydrogen) atoms. The molecule has 0 aliphatic rings. The molecule has 0 aliphatic carbocycles. The number of methoxy groups -OCH3 is 2. The van der Waals surface area contributed by atoms with E-state index < -0.39 is 16.6 Å². The van der Waals surface area contributed by atoms with Crippen molar-refractivity contribution in [2.24, 2.45) is 0 Å². The Balaban J connectivity index is 3.01. The van der Waals surface area contributed by atoms with Gasteiger partial charge in [0.25, 0.3) is 0 Å². The van der Waals surface area contributed by atoms with Gasteiger partial charge in [0, 0.05) is 0 Å². The van der Waals surface area contributed by atoms with Gasteiger partial charge in [0.1, 0.15) is 0 Å². The van der Waals surface area contributed by atoms with Crippen molar-refractivity contribution in [3.8, 4) is 17.2 Å². The van der Waals surface area contributed by atoms with Gasteiger partial charge < -0.3 is 18.3 Å². The molecule has 0 N–H and O–H groups in total. The maximum Gasteiger partial charge on any atom is 0.242 e. The van der Waals surface area contributed by atoms with Crippen molar-refractivity contribution in [2.45, 2.75) is 39.3 Å². The molecule has 0 spiro atoms. The molecule has 6 heteroatoms. The lowest BCUT2D eigenvalue weighted by atomic mass is 10.1. The summed E-state index contributed by atoms with van der Waals surface area (Å²) in [6, 6.07) is 3.92. The quantitative estimate of drug-likeness (QED) is 0.629. The van der Waals surface area contributed by atoms with Crippen molar-refractivity contribution in [3.05, 3.63) is 23.8 Å². The molecule has 0 atom stereocenters. The van der Waals surface area contributed by atoms with Gasteiger partial charge in [-0.15, -0.1) is 0 Å². The second-order valence-electron chi connectivity index (χ2n) is 7.29. The van der Waals surface area contributed by atoms with E-state index >= 15 is 0 Å². The van der Waals surface area contributed by atoms with Crippen LogP contribution < -0.4 is 13.9 Å². The average Bonchev–Trinajstić information content (AvgIpc) is 2.41. The summed E-state index contributed by atoms with van der Waals surface area (Å²) in [7, 11) is 0.0539. The van der Waals surface area contributed by atoms with Gasteiger partial charge in [0.05, 0.1) is 20.8 Å². The first-order valence-electron chi connectivity index (χ1n) is 7.81. The Bertz CT molecular complexity index is 517. The Morgan fingerprint density at radius 3 is 1.78 bits per heavy atom. The molecular formula is C17H30O4Si2. The van der Waals surface area contributed by atoms with E-state index in [1.807, 2.05) is 24.3 Å². The van der Waals surface area contributed by atoms with Gasteiger partial charge in [-0.25, -0.2) is 0 Å². The molecule has 0 heterocycles. The minimum absolute atomic E-state index is 0.619. The Morgan fingerprint density at radius 1 is 0.870 bits per heavy atom. The van der Waals surface area contributed by atoms with Gasteiger partial charge in [0.2, 0.25) is 8.32 Å². The lowest BCUT2D eigenvalue weighted by Gasteiger charge is -2.23. The first-order valence-corrected chi connectivity index (χ1v) is 14.6. The second-order valence-corrected chi connectivity index (χ2v) is 16.2. The molecule has 0 amide bonds. The predicted octanol–water partition coefficient (Wildman–Crippen LogP) is 4.78. The Kier molecular flexibility index (Phi) is 6.91. The topological polar surface area (TPSA) is 36.9 Å². The molecule has 0 saturated heterocycles. The maximum atomic E-state index is 6.12. The summed E-state index contributed by atoms with van der Waals surface area (Å²) in [6.07, 6.45) is 4.04. The number of hydrogen-bond donors (Lipinski definition) is 0. The standard InChI is InChI=1S/C17H30O4Si2/c1-18-15-12-14(10-9-11-20-22(3,4)5)13-16(19-2)17(15)21-23(6,7)8/h9-10,12-13H,11H2,1-8H3/b10-9-. The van der Waals surface area contributed by atoms with Crippen molar-refractivity contribution < 1.29 is 18.3 Å². The zero-order valence-electron chi connectivity index (χ0n) is 15.6.